The Morgan fingerprint density at radius 1 is 0.938 bits per heavy atom. The molecule has 2 fully saturated rings. The molecule has 90 valence electrons. The van der Waals surface area contributed by atoms with Gasteiger partial charge in [-0.25, -0.2) is 0 Å². The van der Waals surface area contributed by atoms with Gasteiger partial charge in [-0.1, -0.05) is 19.3 Å². The number of nitrogens with zero attached hydrogens (tertiary/aromatic N) is 1. The van der Waals surface area contributed by atoms with Crippen LogP contribution in [0.2, 0.25) is 0 Å². The summed E-state index contributed by atoms with van der Waals surface area (Å²) < 4.78 is 0. The van der Waals surface area contributed by atoms with E-state index in [1.165, 1.54) is 51.5 Å². The number of rotatable bonds is 3. The Hall–Kier alpha value is -0.550. The molecule has 2 aliphatic rings. The van der Waals surface area contributed by atoms with E-state index in [-0.39, 0.29) is 0 Å². The molecular formula is C14H24N2. The molecule has 0 heterocycles. The highest BCUT2D eigenvalue weighted by molar-refractivity contribution is 4.89. The molecule has 2 rings (SSSR count). The zero-order valence-electron chi connectivity index (χ0n) is 10.3. The molecule has 2 heteroatoms. The number of nitrogens with one attached hydrogen (secondary N) is 1. The molecule has 0 aromatic rings. The number of nitriles is 1. The van der Waals surface area contributed by atoms with E-state index in [4.69, 9.17) is 5.26 Å². The van der Waals surface area contributed by atoms with E-state index in [1.54, 1.807) is 0 Å². The maximum absolute atomic E-state index is 8.84. The summed E-state index contributed by atoms with van der Waals surface area (Å²) in [5, 5.41) is 12.6. The van der Waals surface area contributed by atoms with Crippen molar-refractivity contribution in [3.63, 3.8) is 0 Å². The predicted octanol–water partition coefficient (Wildman–Crippen LogP) is 3.24. The van der Waals surface area contributed by atoms with Gasteiger partial charge in [0.05, 0.1) is 6.07 Å². The van der Waals surface area contributed by atoms with Crippen molar-refractivity contribution in [2.75, 3.05) is 6.54 Å². The van der Waals surface area contributed by atoms with Gasteiger partial charge in [-0.15, -0.1) is 0 Å². The molecule has 2 saturated carbocycles. The third-order valence-corrected chi connectivity index (χ3v) is 4.33. The van der Waals surface area contributed by atoms with Gasteiger partial charge in [-0.05, 0) is 51.0 Å². The van der Waals surface area contributed by atoms with E-state index in [0.717, 1.165) is 18.8 Å². The van der Waals surface area contributed by atoms with Crippen LogP contribution in [0.15, 0.2) is 0 Å². The molecule has 2 aliphatic carbocycles. The van der Waals surface area contributed by atoms with Crippen LogP contribution in [-0.2, 0) is 0 Å². The first kappa shape index (κ1) is 11.9. The van der Waals surface area contributed by atoms with E-state index in [9.17, 15) is 0 Å². The second kappa shape index (κ2) is 6.25. The summed E-state index contributed by atoms with van der Waals surface area (Å²) in [6, 6.07) is 3.10. The molecule has 0 aromatic carbocycles. The zero-order chi connectivity index (χ0) is 11.2. The van der Waals surface area contributed by atoms with E-state index in [1.807, 2.05) is 0 Å². The summed E-state index contributed by atoms with van der Waals surface area (Å²) in [5.74, 6) is 1.27. The monoisotopic (exact) mass is 220 g/mol. The van der Waals surface area contributed by atoms with Crippen molar-refractivity contribution in [1.82, 2.24) is 5.32 Å². The summed E-state index contributed by atoms with van der Waals surface area (Å²) in [7, 11) is 0. The molecule has 16 heavy (non-hydrogen) atoms. The first-order valence-corrected chi connectivity index (χ1v) is 7.01. The van der Waals surface area contributed by atoms with Crippen LogP contribution < -0.4 is 5.32 Å². The minimum absolute atomic E-state index is 0.340. The van der Waals surface area contributed by atoms with Crippen LogP contribution >= 0.6 is 0 Å². The largest absolute Gasteiger partial charge is 0.314 e. The fraction of sp³-hybridized carbons (Fsp3) is 0.929. The predicted molar refractivity (Wildman–Crippen MR) is 65.9 cm³/mol. The average Bonchev–Trinajstić information content (AvgIpc) is 2.38. The molecular weight excluding hydrogens is 196 g/mol. The smallest absolute Gasteiger partial charge is 0.0655 e. The van der Waals surface area contributed by atoms with Crippen LogP contribution in [-0.4, -0.2) is 12.6 Å². The van der Waals surface area contributed by atoms with E-state index in [2.05, 4.69) is 11.4 Å². The van der Waals surface area contributed by atoms with Crippen molar-refractivity contribution >= 4 is 0 Å². The topological polar surface area (TPSA) is 35.8 Å². The maximum Gasteiger partial charge on any atom is 0.0655 e. The van der Waals surface area contributed by atoms with Crippen LogP contribution in [0.1, 0.15) is 57.8 Å². The van der Waals surface area contributed by atoms with E-state index in [0.29, 0.717) is 12.0 Å². The third kappa shape index (κ3) is 3.49. The summed E-state index contributed by atoms with van der Waals surface area (Å²) in [4.78, 5) is 0. The molecule has 0 atom stereocenters. The molecule has 0 spiro atoms. The third-order valence-electron chi connectivity index (χ3n) is 4.33. The summed E-state index contributed by atoms with van der Waals surface area (Å²) in [6.45, 7) is 1.22. The Labute approximate surface area is 99.4 Å². The van der Waals surface area contributed by atoms with Gasteiger partial charge in [0.25, 0.3) is 0 Å². The Kier molecular flexibility index (Phi) is 4.66. The lowest BCUT2D eigenvalue weighted by molar-refractivity contribution is 0.285. The van der Waals surface area contributed by atoms with Crippen molar-refractivity contribution in [2.45, 2.75) is 63.8 Å². The summed E-state index contributed by atoms with van der Waals surface area (Å²) in [6.07, 6.45) is 11.8. The van der Waals surface area contributed by atoms with Crippen molar-refractivity contribution in [3.05, 3.63) is 0 Å². The molecule has 0 saturated heterocycles. The standard InChI is InChI=1S/C14H24N2/c15-10-12-6-8-14(9-7-12)16-11-13-4-2-1-3-5-13/h12-14,16H,1-9,11H2. The van der Waals surface area contributed by atoms with Crippen LogP contribution in [0, 0.1) is 23.2 Å². The Morgan fingerprint density at radius 2 is 1.62 bits per heavy atom. The van der Waals surface area contributed by atoms with Crippen molar-refractivity contribution in [1.29, 1.82) is 5.26 Å². The van der Waals surface area contributed by atoms with Gasteiger partial charge >= 0.3 is 0 Å². The lowest BCUT2D eigenvalue weighted by Gasteiger charge is -2.29. The molecule has 0 aromatic heterocycles. The molecule has 0 amide bonds. The summed E-state index contributed by atoms with van der Waals surface area (Å²) in [5.41, 5.74) is 0. The second-order valence-electron chi connectivity index (χ2n) is 5.59. The van der Waals surface area contributed by atoms with Gasteiger partial charge in [-0.2, -0.15) is 5.26 Å². The SMILES string of the molecule is N#CC1CCC(NCC2CCCCC2)CC1. The highest BCUT2D eigenvalue weighted by Gasteiger charge is 2.21. The second-order valence-corrected chi connectivity index (χ2v) is 5.59. The minimum atomic E-state index is 0.340. The van der Waals surface area contributed by atoms with Crippen LogP contribution in [0.4, 0.5) is 0 Å². The molecule has 2 nitrogen and oxygen atoms in total. The Balaban J connectivity index is 1.61. The highest BCUT2D eigenvalue weighted by atomic mass is 14.9. The lowest BCUT2D eigenvalue weighted by Crippen LogP contribution is -2.36. The van der Waals surface area contributed by atoms with Gasteiger partial charge in [0.2, 0.25) is 0 Å². The molecule has 0 bridgehead atoms. The van der Waals surface area contributed by atoms with Gasteiger partial charge in [0.1, 0.15) is 0 Å². The Bertz CT molecular complexity index is 230. The van der Waals surface area contributed by atoms with Crippen LogP contribution in [0.25, 0.3) is 0 Å². The van der Waals surface area contributed by atoms with E-state index >= 15 is 0 Å². The lowest BCUT2D eigenvalue weighted by atomic mass is 9.85. The summed E-state index contributed by atoms with van der Waals surface area (Å²) >= 11 is 0. The fourth-order valence-electron chi connectivity index (χ4n) is 3.15. The molecule has 0 radical (unpaired) electrons. The van der Waals surface area contributed by atoms with Gasteiger partial charge < -0.3 is 5.32 Å². The molecule has 1 N–H and O–H groups in total. The van der Waals surface area contributed by atoms with E-state index < -0.39 is 0 Å². The minimum Gasteiger partial charge on any atom is -0.314 e. The number of hydrogen-bond donors (Lipinski definition) is 1. The average molecular weight is 220 g/mol. The normalized spacial score (nSPS) is 32.2. The van der Waals surface area contributed by atoms with Crippen LogP contribution in [0.3, 0.4) is 0 Å². The quantitative estimate of drug-likeness (QED) is 0.792. The maximum atomic E-state index is 8.84. The van der Waals surface area contributed by atoms with Gasteiger partial charge in [0, 0.05) is 12.0 Å². The Morgan fingerprint density at radius 3 is 2.25 bits per heavy atom. The van der Waals surface area contributed by atoms with Crippen LogP contribution in [0.5, 0.6) is 0 Å². The van der Waals surface area contributed by atoms with Gasteiger partial charge in [-0.3, -0.25) is 0 Å². The van der Waals surface area contributed by atoms with Crippen molar-refractivity contribution in [3.8, 4) is 6.07 Å². The van der Waals surface area contributed by atoms with Crippen molar-refractivity contribution in [2.24, 2.45) is 11.8 Å². The fourth-order valence-corrected chi connectivity index (χ4v) is 3.15. The molecule has 0 unspecified atom stereocenters. The number of hydrogen-bond acceptors (Lipinski definition) is 2. The zero-order valence-corrected chi connectivity index (χ0v) is 10.3. The highest BCUT2D eigenvalue weighted by Crippen LogP contribution is 2.26. The van der Waals surface area contributed by atoms with Gasteiger partial charge in [0.15, 0.2) is 0 Å². The first-order valence-electron chi connectivity index (χ1n) is 7.01. The molecule has 0 aliphatic heterocycles. The van der Waals surface area contributed by atoms with Crippen molar-refractivity contribution < 1.29 is 0 Å². The first-order chi connectivity index (χ1) is 7.88.